The van der Waals surface area contributed by atoms with Gasteiger partial charge >= 0.3 is 0 Å². The van der Waals surface area contributed by atoms with Crippen molar-refractivity contribution in [1.29, 1.82) is 0 Å². The van der Waals surface area contributed by atoms with Crippen molar-refractivity contribution in [3.63, 3.8) is 0 Å². The molecule has 0 bridgehead atoms. The topological polar surface area (TPSA) is 37.8 Å². The van der Waals surface area contributed by atoms with Crippen molar-refractivity contribution in [2.45, 2.75) is 19.9 Å². The number of aromatic nitrogens is 2. The average Bonchev–Trinajstić information content (AvgIpc) is 2.38. The second-order valence-corrected chi connectivity index (χ2v) is 4.53. The molecule has 18 heavy (non-hydrogen) atoms. The zero-order valence-corrected chi connectivity index (χ0v) is 11.1. The van der Waals surface area contributed by atoms with Crippen LogP contribution in [0.4, 0.5) is 0 Å². The Kier molecular flexibility index (Phi) is 4.67. The van der Waals surface area contributed by atoms with Gasteiger partial charge in [-0.3, -0.25) is 0 Å². The number of halogens is 1. The van der Waals surface area contributed by atoms with Gasteiger partial charge in [-0.05, 0) is 24.2 Å². The Bertz CT molecular complexity index is 497. The highest BCUT2D eigenvalue weighted by molar-refractivity contribution is 6.30. The number of hydrogen-bond donors (Lipinski definition) is 1. The lowest BCUT2D eigenvalue weighted by molar-refractivity contribution is 0.718. The van der Waals surface area contributed by atoms with Crippen LogP contribution in [0.2, 0.25) is 5.02 Å². The number of benzene rings is 1. The molecule has 3 nitrogen and oxygen atoms in total. The van der Waals surface area contributed by atoms with Crippen LogP contribution in [0.3, 0.4) is 0 Å². The fourth-order valence-electron chi connectivity index (χ4n) is 1.66. The first-order valence-electron chi connectivity index (χ1n) is 6.03. The lowest BCUT2D eigenvalue weighted by Gasteiger charge is -2.04. The van der Waals surface area contributed by atoms with Gasteiger partial charge in [-0.25, -0.2) is 9.97 Å². The third-order valence-electron chi connectivity index (χ3n) is 2.59. The maximum atomic E-state index is 5.94. The van der Waals surface area contributed by atoms with Gasteiger partial charge in [0, 0.05) is 35.9 Å². The van der Waals surface area contributed by atoms with Crippen molar-refractivity contribution in [1.82, 2.24) is 15.3 Å². The van der Waals surface area contributed by atoms with Crippen molar-refractivity contribution < 1.29 is 0 Å². The summed E-state index contributed by atoms with van der Waals surface area (Å²) in [7, 11) is 0. The van der Waals surface area contributed by atoms with Crippen molar-refractivity contribution in [3.05, 3.63) is 58.6 Å². The summed E-state index contributed by atoms with van der Waals surface area (Å²) in [6.45, 7) is 3.84. The summed E-state index contributed by atoms with van der Waals surface area (Å²) < 4.78 is 0. The van der Waals surface area contributed by atoms with Crippen LogP contribution >= 0.6 is 11.6 Å². The van der Waals surface area contributed by atoms with Gasteiger partial charge in [0.15, 0.2) is 0 Å². The van der Waals surface area contributed by atoms with Crippen molar-refractivity contribution >= 4 is 11.6 Å². The molecule has 0 atom stereocenters. The van der Waals surface area contributed by atoms with E-state index < -0.39 is 0 Å². The maximum Gasteiger partial charge on any atom is 0.132 e. The highest BCUT2D eigenvalue weighted by atomic mass is 35.5. The Balaban J connectivity index is 2.02. The van der Waals surface area contributed by atoms with Crippen molar-refractivity contribution in [3.8, 4) is 0 Å². The standard InChI is InChI=1S/C14H16ClN3/c1-2-16-8-12-9-17-14(18-10-12)7-11-4-3-5-13(15)6-11/h3-6,9-10,16H,2,7-8H2,1H3. The Hall–Kier alpha value is -1.45. The van der Waals surface area contributed by atoms with E-state index in [1.165, 1.54) is 0 Å². The molecule has 0 spiro atoms. The normalized spacial score (nSPS) is 10.6. The molecule has 0 unspecified atom stereocenters. The van der Waals surface area contributed by atoms with Gasteiger partial charge in [0.1, 0.15) is 5.82 Å². The second kappa shape index (κ2) is 6.47. The Morgan fingerprint density at radius 1 is 1.17 bits per heavy atom. The van der Waals surface area contributed by atoms with E-state index in [-0.39, 0.29) is 0 Å². The Morgan fingerprint density at radius 3 is 2.61 bits per heavy atom. The summed E-state index contributed by atoms with van der Waals surface area (Å²) in [5.41, 5.74) is 2.23. The van der Waals surface area contributed by atoms with E-state index in [2.05, 4.69) is 22.2 Å². The van der Waals surface area contributed by atoms with Gasteiger partial charge in [0.25, 0.3) is 0 Å². The number of nitrogens with zero attached hydrogens (tertiary/aromatic N) is 2. The molecule has 0 saturated heterocycles. The van der Waals surface area contributed by atoms with E-state index in [4.69, 9.17) is 11.6 Å². The predicted octanol–water partition coefficient (Wildman–Crippen LogP) is 2.83. The van der Waals surface area contributed by atoms with Gasteiger partial charge in [-0.1, -0.05) is 30.7 Å². The molecule has 4 heteroatoms. The second-order valence-electron chi connectivity index (χ2n) is 4.09. The molecule has 2 rings (SSSR count). The van der Waals surface area contributed by atoms with E-state index in [1.54, 1.807) is 0 Å². The van der Waals surface area contributed by atoms with E-state index in [0.29, 0.717) is 6.42 Å². The van der Waals surface area contributed by atoms with E-state index in [9.17, 15) is 0 Å². The predicted molar refractivity (Wildman–Crippen MR) is 73.7 cm³/mol. The van der Waals surface area contributed by atoms with Gasteiger partial charge in [0.2, 0.25) is 0 Å². The molecule has 0 aliphatic carbocycles. The summed E-state index contributed by atoms with van der Waals surface area (Å²) in [6, 6.07) is 7.78. The molecule has 94 valence electrons. The SMILES string of the molecule is CCNCc1cnc(Cc2cccc(Cl)c2)nc1. The zero-order chi connectivity index (χ0) is 12.8. The molecule has 0 fully saturated rings. The fraction of sp³-hybridized carbons (Fsp3) is 0.286. The molecular weight excluding hydrogens is 246 g/mol. The zero-order valence-electron chi connectivity index (χ0n) is 10.4. The minimum absolute atomic E-state index is 0.710. The average molecular weight is 262 g/mol. The van der Waals surface area contributed by atoms with Gasteiger partial charge < -0.3 is 5.32 Å². The highest BCUT2D eigenvalue weighted by Crippen LogP contribution is 2.12. The maximum absolute atomic E-state index is 5.94. The number of hydrogen-bond acceptors (Lipinski definition) is 3. The Labute approximate surface area is 112 Å². The van der Waals surface area contributed by atoms with Crippen LogP contribution < -0.4 is 5.32 Å². The lowest BCUT2D eigenvalue weighted by Crippen LogP contribution is -2.12. The van der Waals surface area contributed by atoms with Crippen LogP contribution in [0.1, 0.15) is 23.9 Å². The monoisotopic (exact) mass is 261 g/mol. The molecule has 1 heterocycles. The molecular formula is C14H16ClN3. The van der Waals surface area contributed by atoms with E-state index >= 15 is 0 Å². The molecule has 0 saturated carbocycles. The third-order valence-corrected chi connectivity index (χ3v) is 2.82. The summed E-state index contributed by atoms with van der Waals surface area (Å²) in [5, 5.41) is 3.99. The van der Waals surface area contributed by atoms with E-state index in [1.807, 2.05) is 36.7 Å². The molecule has 1 aromatic heterocycles. The first-order valence-corrected chi connectivity index (χ1v) is 6.40. The molecule has 1 N–H and O–H groups in total. The summed E-state index contributed by atoms with van der Waals surface area (Å²) in [5.74, 6) is 0.817. The van der Waals surface area contributed by atoms with Crippen LogP contribution in [-0.4, -0.2) is 16.5 Å². The smallest absolute Gasteiger partial charge is 0.132 e. The lowest BCUT2D eigenvalue weighted by atomic mass is 10.1. The van der Waals surface area contributed by atoms with Crippen LogP contribution in [0.5, 0.6) is 0 Å². The quantitative estimate of drug-likeness (QED) is 0.899. The highest BCUT2D eigenvalue weighted by Gasteiger charge is 2.00. The fourth-order valence-corrected chi connectivity index (χ4v) is 1.88. The minimum atomic E-state index is 0.710. The molecule has 0 radical (unpaired) electrons. The van der Waals surface area contributed by atoms with Gasteiger partial charge in [-0.15, -0.1) is 0 Å². The molecule has 0 amide bonds. The summed E-state index contributed by atoms with van der Waals surface area (Å²) in [6.07, 6.45) is 4.45. The van der Waals surface area contributed by atoms with Crippen LogP contribution in [-0.2, 0) is 13.0 Å². The first-order chi connectivity index (χ1) is 8.78. The number of nitrogens with one attached hydrogen (secondary N) is 1. The first kappa shape index (κ1) is 13.0. The summed E-state index contributed by atoms with van der Waals surface area (Å²) >= 11 is 5.94. The number of rotatable bonds is 5. The van der Waals surface area contributed by atoms with Crippen LogP contribution in [0.25, 0.3) is 0 Å². The van der Waals surface area contributed by atoms with Crippen molar-refractivity contribution in [2.24, 2.45) is 0 Å². The largest absolute Gasteiger partial charge is 0.313 e. The molecule has 0 aliphatic rings. The minimum Gasteiger partial charge on any atom is -0.313 e. The molecule has 0 aliphatic heterocycles. The van der Waals surface area contributed by atoms with Gasteiger partial charge in [-0.2, -0.15) is 0 Å². The van der Waals surface area contributed by atoms with E-state index in [0.717, 1.165) is 35.1 Å². The Morgan fingerprint density at radius 2 is 1.94 bits per heavy atom. The summed E-state index contributed by atoms with van der Waals surface area (Å²) in [4.78, 5) is 8.72. The van der Waals surface area contributed by atoms with Gasteiger partial charge in [0.05, 0.1) is 0 Å². The molecule has 1 aromatic carbocycles. The third kappa shape index (κ3) is 3.79. The van der Waals surface area contributed by atoms with Crippen molar-refractivity contribution in [2.75, 3.05) is 6.54 Å². The van der Waals surface area contributed by atoms with Crippen LogP contribution in [0, 0.1) is 0 Å². The van der Waals surface area contributed by atoms with Crippen LogP contribution in [0.15, 0.2) is 36.7 Å². The molecule has 2 aromatic rings.